The first-order valence-corrected chi connectivity index (χ1v) is 10.1. The second-order valence-corrected chi connectivity index (χ2v) is 7.64. The normalized spacial score (nSPS) is 15.0. The molecular weight excluding hydrogens is 288 g/mol. The molecular formula is C16H34O4S. The fourth-order valence-corrected chi connectivity index (χ4v) is 3.69. The third-order valence-corrected chi connectivity index (χ3v) is 5.39. The minimum Gasteiger partial charge on any atom is -0.392 e. The van der Waals surface area contributed by atoms with Crippen molar-refractivity contribution in [3.8, 4) is 0 Å². The Morgan fingerprint density at radius 2 is 1.24 bits per heavy atom. The average molecular weight is 323 g/mol. The first kappa shape index (κ1) is 20.9. The van der Waals surface area contributed by atoms with Gasteiger partial charge in [-0.3, -0.25) is 4.55 Å². The first-order chi connectivity index (χ1) is 9.93. The lowest BCUT2D eigenvalue weighted by Crippen LogP contribution is -2.33. The minimum atomic E-state index is -4.14. The zero-order chi connectivity index (χ0) is 16.1. The highest BCUT2D eigenvalue weighted by atomic mass is 32.2. The number of hydrogen-bond donors (Lipinski definition) is 2. The molecule has 5 heteroatoms. The molecule has 0 aromatic rings. The molecule has 0 saturated carbocycles. The quantitative estimate of drug-likeness (QED) is 0.369. The van der Waals surface area contributed by atoms with Crippen LogP contribution >= 0.6 is 0 Å². The van der Waals surface area contributed by atoms with Crippen LogP contribution in [0.3, 0.4) is 0 Å². The van der Waals surface area contributed by atoms with E-state index in [0.717, 1.165) is 19.3 Å². The molecule has 0 aliphatic rings. The van der Waals surface area contributed by atoms with Gasteiger partial charge in [-0.15, -0.1) is 0 Å². The summed E-state index contributed by atoms with van der Waals surface area (Å²) in [4.78, 5) is 0. The number of aliphatic hydroxyl groups excluding tert-OH is 1. The molecule has 0 aliphatic carbocycles. The van der Waals surface area contributed by atoms with Crippen LogP contribution in [0.5, 0.6) is 0 Å². The van der Waals surface area contributed by atoms with Crippen molar-refractivity contribution < 1.29 is 18.1 Å². The summed E-state index contributed by atoms with van der Waals surface area (Å²) in [7, 11) is -4.14. The summed E-state index contributed by atoms with van der Waals surface area (Å²) in [6.45, 7) is 3.94. The van der Waals surface area contributed by atoms with Gasteiger partial charge in [0.05, 0.1) is 6.10 Å². The largest absolute Gasteiger partial charge is 0.392 e. The van der Waals surface area contributed by atoms with Gasteiger partial charge in [-0.05, 0) is 12.8 Å². The summed E-state index contributed by atoms with van der Waals surface area (Å²) >= 11 is 0. The van der Waals surface area contributed by atoms with E-state index in [9.17, 15) is 13.5 Å². The summed E-state index contributed by atoms with van der Waals surface area (Å²) in [6, 6.07) is 0. The van der Waals surface area contributed by atoms with E-state index in [1.54, 1.807) is 6.92 Å². The molecule has 0 fully saturated rings. The lowest BCUT2D eigenvalue weighted by Gasteiger charge is -2.18. The molecule has 0 spiro atoms. The molecule has 0 amide bonds. The molecule has 0 aromatic heterocycles. The Morgan fingerprint density at radius 3 is 1.62 bits per heavy atom. The van der Waals surface area contributed by atoms with Gasteiger partial charge in [0.15, 0.2) is 0 Å². The first-order valence-electron chi connectivity index (χ1n) is 8.57. The molecule has 4 nitrogen and oxygen atoms in total. The molecule has 0 aromatic carbocycles. The van der Waals surface area contributed by atoms with E-state index < -0.39 is 21.5 Å². The second kappa shape index (κ2) is 12.4. The number of unbranched alkanes of at least 4 members (excludes halogenated alkanes) is 9. The standard InChI is InChI=1S/C16H34O4S/c1-3-5-6-7-8-9-10-11-12-13-14-16(15(17)4-2)21(18,19)20/h15-17H,3-14H2,1-2H3,(H,18,19,20). The van der Waals surface area contributed by atoms with Crippen LogP contribution < -0.4 is 0 Å². The van der Waals surface area contributed by atoms with Crippen molar-refractivity contribution in [3.05, 3.63) is 0 Å². The van der Waals surface area contributed by atoms with E-state index in [0.29, 0.717) is 12.8 Å². The molecule has 2 unspecified atom stereocenters. The molecule has 0 radical (unpaired) electrons. The van der Waals surface area contributed by atoms with Crippen molar-refractivity contribution in [3.63, 3.8) is 0 Å². The predicted octanol–water partition coefficient (Wildman–Crippen LogP) is 4.32. The van der Waals surface area contributed by atoms with Gasteiger partial charge in [0.1, 0.15) is 5.25 Å². The van der Waals surface area contributed by atoms with Gasteiger partial charge in [-0.25, -0.2) is 0 Å². The van der Waals surface area contributed by atoms with Gasteiger partial charge in [0.25, 0.3) is 10.1 Å². The number of aliphatic hydroxyl groups is 1. The van der Waals surface area contributed by atoms with Gasteiger partial charge in [-0.2, -0.15) is 8.42 Å². The summed E-state index contributed by atoms with van der Waals surface area (Å²) in [5, 5.41) is 8.64. The Labute approximate surface area is 131 Å². The van der Waals surface area contributed by atoms with Gasteiger partial charge in [-0.1, -0.05) is 78.1 Å². The molecule has 2 atom stereocenters. The maximum Gasteiger partial charge on any atom is 0.270 e. The lowest BCUT2D eigenvalue weighted by molar-refractivity contribution is 0.155. The molecule has 0 heterocycles. The van der Waals surface area contributed by atoms with Gasteiger partial charge in [0, 0.05) is 0 Å². The lowest BCUT2D eigenvalue weighted by atomic mass is 10.0. The van der Waals surface area contributed by atoms with Crippen molar-refractivity contribution in [2.24, 2.45) is 0 Å². The third kappa shape index (κ3) is 11.1. The molecule has 21 heavy (non-hydrogen) atoms. The van der Waals surface area contributed by atoms with E-state index in [1.807, 2.05) is 0 Å². The zero-order valence-electron chi connectivity index (χ0n) is 13.8. The van der Waals surface area contributed by atoms with Gasteiger partial charge < -0.3 is 5.11 Å². The highest BCUT2D eigenvalue weighted by Gasteiger charge is 2.29. The zero-order valence-corrected chi connectivity index (χ0v) is 14.6. The molecule has 128 valence electrons. The fraction of sp³-hybridized carbons (Fsp3) is 1.00. The Morgan fingerprint density at radius 1 is 0.810 bits per heavy atom. The monoisotopic (exact) mass is 322 g/mol. The van der Waals surface area contributed by atoms with Crippen LogP contribution in [-0.2, 0) is 10.1 Å². The van der Waals surface area contributed by atoms with Crippen molar-refractivity contribution in [2.45, 2.75) is 102 Å². The SMILES string of the molecule is CCCCCCCCCCCCC(C(O)CC)S(=O)(=O)O. The Balaban J connectivity index is 3.64. The Bertz CT molecular complexity index is 327. The highest BCUT2D eigenvalue weighted by Crippen LogP contribution is 2.18. The van der Waals surface area contributed by atoms with Crippen molar-refractivity contribution in [1.29, 1.82) is 0 Å². The Hall–Kier alpha value is -0.130. The van der Waals surface area contributed by atoms with E-state index in [2.05, 4.69) is 6.92 Å². The van der Waals surface area contributed by atoms with Crippen LogP contribution in [0.1, 0.15) is 90.9 Å². The average Bonchev–Trinajstić information content (AvgIpc) is 2.42. The number of hydrogen-bond acceptors (Lipinski definition) is 3. The van der Waals surface area contributed by atoms with Crippen LogP contribution in [-0.4, -0.2) is 29.4 Å². The van der Waals surface area contributed by atoms with Gasteiger partial charge in [0.2, 0.25) is 0 Å². The van der Waals surface area contributed by atoms with Crippen LogP contribution in [0.25, 0.3) is 0 Å². The second-order valence-electron chi connectivity index (χ2n) is 6.00. The van der Waals surface area contributed by atoms with Gasteiger partial charge >= 0.3 is 0 Å². The topological polar surface area (TPSA) is 74.6 Å². The summed E-state index contributed by atoms with van der Waals surface area (Å²) < 4.78 is 31.6. The maximum absolute atomic E-state index is 11.2. The molecule has 2 N–H and O–H groups in total. The summed E-state index contributed by atoms with van der Waals surface area (Å²) in [5.74, 6) is 0. The smallest absolute Gasteiger partial charge is 0.270 e. The van der Waals surface area contributed by atoms with Crippen molar-refractivity contribution >= 4 is 10.1 Å². The van der Waals surface area contributed by atoms with E-state index >= 15 is 0 Å². The van der Waals surface area contributed by atoms with Crippen LogP contribution in [0, 0.1) is 0 Å². The summed E-state index contributed by atoms with van der Waals surface area (Å²) in [6.07, 6.45) is 11.6. The van der Waals surface area contributed by atoms with Crippen LogP contribution in [0.2, 0.25) is 0 Å². The van der Waals surface area contributed by atoms with E-state index in [4.69, 9.17) is 4.55 Å². The summed E-state index contributed by atoms with van der Waals surface area (Å²) in [5.41, 5.74) is 0. The highest BCUT2D eigenvalue weighted by molar-refractivity contribution is 7.86. The van der Waals surface area contributed by atoms with Crippen LogP contribution in [0.4, 0.5) is 0 Å². The van der Waals surface area contributed by atoms with Crippen molar-refractivity contribution in [2.75, 3.05) is 0 Å². The minimum absolute atomic E-state index is 0.349. The van der Waals surface area contributed by atoms with Crippen molar-refractivity contribution in [1.82, 2.24) is 0 Å². The maximum atomic E-state index is 11.2. The number of rotatable bonds is 14. The third-order valence-electron chi connectivity index (χ3n) is 4.07. The molecule has 0 aliphatic heterocycles. The fourth-order valence-electron chi connectivity index (χ4n) is 2.64. The molecule has 0 saturated heterocycles. The Kier molecular flexibility index (Phi) is 12.3. The van der Waals surface area contributed by atoms with E-state index in [-0.39, 0.29) is 0 Å². The molecule has 0 bridgehead atoms. The molecule has 0 rings (SSSR count). The van der Waals surface area contributed by atoms with E-state index in [1.165, 1.54) is 44.9 Å². The predicted molar refractivity (Wildman–Crippen MR) is 88.1 cm³/mol. The van der Waals surface area contributed by atoms with Crippen LogP contribution in [0.15, 0.2) is 0 Å².